The molecule has 2 rings (SSSR count). The Labute approximate surface area is 85.3 Å². The maximum atomic E-state index is 3.99. The summed E-state index contributed by atoms with van der Waals surface area (Å²) < 4.78 is 0. The summed E-state index contributed by atoms with van der Waals surface area (Å²) >= 11 is 0. The van der Waals surface area contributed by atoms with E-state index in [4.69, 9.17) is 0 Å². The van der Waals surface area contributed by atoms with Gasteiger partial charge in [-0.2, -0.15) is 5.10 Å². The molecule has 1 saturated carbocycles. The van der Waals surface area contributed by atoms with E-state index in [-0.39, 0.29) is 0 Å². The van der Waals surface area contributed by atoms with Crippen molar-refractivity contribution in [2.24, 2.45) is 5.92 Å². The lowest BCUT2D eigenvalue weighted by Crippen LogP contribution is -2.14. The molecule has 3 nitrogen and oxygen atoms in total. The Hall–Kier alpha value is -0.830. The highest BCUT2D eigenvalue weighted by atomic mass is 15.1. The number of nitrogens with one attached hydrogen (secondary N) is 2. The number of H-pyrrole nitrogens is 1. The number of aromatic nitrogens is 2. The lowest BCUT2D eigenvalue weighted by molar-refractivity contribution is 0.593. The number of rotatable bonds is 6. The van der Waals surface area contributed by atoms with Crippen molar-refractivity contribution in [3.63, 3.8) is 0 Å². The van der Waals surface area contributed by atoms with Crippen LogP contribution in [0.25, 0.3) is 0 Å². The van der Waals surface area contributed by atoms with Crippen LogP contribution in [0.1, 0.15) is 36.9 Å². The van der Waals surface area contributed by atoms with E-state index in [2.05, 4.69) is 22.4 Å². The number of hydrogen-bond donors (Lipinski definition) is 2. The Morgan fingerprint density at radius 3 is 3.07 bits per heavy atom. The van der Waals surface area contributed by atoms with E-state index in [1.54, 1.807) is 0 Å². The maximum Gasteiger partial charge on any atom is 0.0535 e. The lowest BCUT2D eigenvalue weighted by atomic mass is 10.2. The Morgan fingerprint density at radius 1 is 1.57 bits per heavy atom. The molecular weight excluding hydrogens is 174 g/mol. The summed E-state index contributed by atoms with van der Waals surface area (Å²) in [6.07, 6.45) is 7.59. The second kappa shape index (κ2) is 4.60. The fourth-order valence-corrected chi connectivity index (χ4v) is 1.70. The minimum Gasteiger partial charge on any atom is -0.313 e. The monoisotopic (exact) mass is 193 g/mol. The van der Waals surface area contributed by atoms with Crippen molar-refractivity contribution in [2.75, 3.05) is 6.54 Å². The molecule has 0 atom stereocenters. The summed E-state index contributed by atoms with van der Waals surface area (Å²) in [6, 6.07) is 0. The molecule has 0 spiro atoms. The SMILES string of the molecule is Cc1[nH]ncc1CNCCCC1CC1. The molecule has 0 amide bonds. The zero-order valence-corrected chi connectivity index (χ0v) is 8.84. The summed E-state index contributed by atoms with van der Waals surface area (Å²) in [4.78, 5) is 0. The largest absolute Gasteiger partial charge is 0.313 e. The van der Waals surface area contributed by atoms with Crippen LogP contribution in [-0.4, -0.2) is 16.7 Å². The molecule has 3 heteroatoms. The van der Waals surface area contributed by atoms with Crippen molar-refractivity contribution in [3.8, 4) is 0 Å². The van der Waals surface area contributed by atoms with Crippen LogP contribution in [0.4, 0.5) is 0 Å². The zero-order chi connectivity index (χ0) is 9.80. The fraction of sp³-hybridized carbons (Fsp3) is 0.727. The van der Waals surface area contributed by atoms with E-state index in [9.17, 15) is 0 Å². The summed E-state index contributed by atoms with van der Waals surface area (Å²) in [5.74, 6) is 1.06. The first kappa shape index (κ1) is 9.71. The molecule has 1 aromatic heterocycles. The average Bonchev–Trinajstić information content (AvgIpc) is 2.91. The standard InChI is InChI=1S/C11H19N3/c1-9-11(8-13-14-9)7-12-6-2-3-10-4-5-10/h8,10,12H,2-7H2,1H3,(H,13,14). The summed E-state index contributed by atoms with van der Waals surface area (Å²) in [6.45, 7) is 4.16. The maximum absolute atomic E-state index is 3.99. The van der Waals surface area contributed by atoms with Crippen molar-refractivity contribution >= 4 is 0 Å². The van der Waals surface area contributed by atoms with Gasteiger partial charge >= 0.3 is 0 Å². The van der Waals surface area contributed by atoms with E-state index in [1.807, 2.05) is 6.20 Å². The third kappa shape index (κ3) is 2.84. The Balaban J connectivity index is 1.56. The van der Waals surface area contributed by atoms with Crippen LogP contribution in [0.5, 0.6) is 0 Å². The molecule has 1 aliphatic rings. The van der Waals surface area contributed by atoms with Gasteiger partial charge in [-0.15, -0.1) is 0 Å². The van der Waals surface area contributed by atoms with Crippen LogP contribution >= 0.6 is 0 Å². The molecule has 0 radical (unpaired) electrons. The van der Waals surface area contributed by atoms with E-state index in [0.29, 0.717) is 0 Å². The third-order valence-corrected chi connectivity index (χ3v) is 2.91. The van der Waals surface area contributed by atoms with Gasteiger partial charge in [-0.1, -0.05) is 12.8 Å². The van der Waals surface area contributed by atoms with Gasteiger partial charge < -0.3 is 5.32 Å². The van der Waals surface area contributed by atoms with Gasteiger partial charge in [0.15, 0.2) is 0 Å². The number of hydrogen-bond acceptors (Lipinski definition) is 2. The number of aryl methyl sites for hydroxylation is 1. The van der Waals surface area contributed by atoms with Crippen LogP contribution in [0, 0.1) is 12.8 Å². The van der Waals surface area contributed by atoms with Crippen LogP contribution in [0.3, 0.4) is 0 Å². The van der Waals surface area contributed by atoms with Crippen molar-refractivity contribution < 1.29 is 0 Å². The highest BCUT2D eigenvalue weighted by Gasteiger charge is 2.19. The molecule has 14 heavy (non-hydrogen) atoms. The Bertz CT molecular complexity index is 276. The van der Waals surface area contributed by atoms with Crippen molar-refractivity contribution in [3.05, 3.63) is 17.5 Å². The molecule has 1 heterocycles. The van der Waals surface area contributed by atoms with Crippen molar-refractivity contribution in [1.82, 2.24) is 15.5 Å². The van der Waals surface area contributed by atoms with Crippen LogP contribution < -0.4 is 5.32 Å². The molecule has 1 aliphatic carbocycles. The molecule has 0 aliphatic heterocycles. The lowest BCUT2D eigenvalue weighted by Gasteiger charge is -2.02. The predicted molar refractivity (Wildman–Crippen MR) is 57.0 cm³/mol. The fourth-order valence-electron chi connectivity index (χ4n) is 1.70. The van der Waals surface area contributed by atoms with Crippen LogP contribution in [0.15, 0.2) is 6.20 Å². The van der Waals surface area contributed by atoms with Crippen molar-refractivity contribution in [2.45, 2.75) is 39.2 Å². The van der Waals surface area contributed by atoms with Gasteiger partial charge in [0, 0.05) is 17.8 Å². The quantitative estimate of drug-likeness (QED) is 0.678. The first-order valence-electron chi connectivity index (χ1n) is 5.56. The topological polar surface area (TPSA) is 40.7 Å². The summed E-state index contributed by atoms with van der Waals surface area (Å²) in [5.41, 5.74) is 2.47. The summed E-state index contributed by atoms with van der Waals surface area (Å²) in [5, 5.41) is 10.4. The summed E-state index contributed by atoms with van der Waals surface area (Å²) in [7, 11) is 0. The smallest absolute Gasteiger partial charge is 0.0535 e. The minimum absolute atomic E-state index is 0.951. The Kier molecular flexibility index (Phi) is 3.19. The second-order valence-corrected chi connectivity index (χ2v) is 4.28. The molecule has 0 bridgehead atoms. The molecule has 78 valence electrons. The van der Waals surface area contributed by atoms with E-state index in [1.165, 1.54) is 36.9 Å². The van der Waals surface area contributed by atoms with Gasteiger partial charge in [0.1, 0.15) is 0 Å². The molecule has 1 aromatic rings. The van der Waals surface area contributed by atoms with Gasteiger partial charge in [-0.05, 0) is 32.2 Å². The predicted octanol–water partition coefficient (Wildman–Crippen LogP) is 2.00. The number of nitrogens with zero attached hydrogens (tertiary/aromatic N) is 1. The third-order valence-electron chi connectivity index (χ3n) is 2.91. The average molecular weight is 193 g/mol. The number of aromatic amines is 1. The van der Waals surface area contributed by atoms with Gasteiger partial charge in [-0.3, -0.25) is 5.10 Å². The second-order valence-electron chi connectivity index (χ2n) is 4.28. The molecule has 1 fully saturated rings. The first-order valence-corrected chi connectivity index (χ1v) is 5.56. The highest BCUT2D eigenvalue weighted by Crippen LogP contribution is 2.33. The van der Waals surface area contributed by atoms with E-state index < -0.39 is 0 Å². The van der Waals surface area contributed by atoms with E-state index in [0.717, 1.165) is 19.0 Å². The normalized spacial score (nSPS) is 16.1. The van der Waals surface area contributed by atoms with E-state index >= 15 is 0 Å². The van der Waals surface area contributed by atoms with Gasteiger partial charge in [0.25, 0.3) is 0 Å². The van der Waals surface area contributed by atoms with Crippen LogP contribution in [-0.2, 0) is 6.54 Å². The van der Waals surface area contributed by atoms with Gasteiger partial charge in [0.05, 0.1) is 6.20 Å². The Morgan fingerprint density at radius 2 is 2.43 bits per heavy atom. The molecule has 0 saturated heterocycles. The van der Waals surface area contributed by atoms with Crippen LogP contribution in [0.2, 0.25) is 0 Å². The zero-order valence-electron chi connectivity index (χ0n) is 8.84. The highest BCUT2D eigenvalue weighted by molar-refractivity contribution is 5.13. The first-order chi connectivity index (χ1) is 6.86. The molecule has 0 aromatic carbocycles. The minimum atomic E-state index is 0.951. The van der Waals surface area contributed by atoms with Gasteiger partial charge in [-0.25, -0.2) is 0 Å². The molecule has 0 unspecified atom stereocenters. The molecular formula is C11H19N3. The molecule has 2 N–H and O–H groups in total. The van der Waals surface area contributed by atoms with Gasteiger partial charge in [0.2, 0.25) is 0 Å². The van der Waals surface area contributed by atoms with Crippen molar-refractivity contribution in [1.29, 1.82) is 0 Å².